The minimum atomic E-state index is -0.397. The van der Waals surface area contributed by atoms with Crippen molar-refractivity contribution < 1.29 is 9.47 Å². The molecular weight excluding hydrogens is 404 g/mol. The summed E-state index contributed by atoms with van der Waals surface area (Å²) < 4.78 is 11.8. The third-order valence-electron chi connectivity index (χ3n) is 5.48. The third kappa shape index (κ3) is 8.16. The van der Waals surface area contributed by atoms with Crippen LogP contribution in [0.3, 0.4) is 0 Å². The second-order valence-electron chi connectivity index (χ2n) is 9.87. The van der Waals surface area contributed by atoms with Crippen LogP contribution in [0.5, 0.6) is 5.75 Å². The van der Waals surface area contributed by atoms with Gasteiger partial charge in [-0.25, -0.2) is 0 Å². The standard InChI is InChI=1S/C28H41ClO2/c1-20(2)18-23-12-13-26(28(6,7)29)24(25(23)19-21(3)4)14-15-30-16-17-31-27-11-9-8-10-22(27)5/h8-13,20-21H,14-19H2,1-7H3. The summed E-state index contributed by atoms with van der Waals surface area (Å²) in [6.45, 7) is 17.2. The van der Waals surface area contributed by atoms with Crippen molar-refractivity contribution >= 4 is 11.6 Å². The lowest BCUT2D eigenvalue weighted by molar-refractivity contribution is 0.102. The molecule has 0 aromatic heterocycles. The summed E-state index contributed by atoms with van der Waals surface area (Å²) in [6.07, 6.45) is 3.06. The molecule has 2 nitrogen and oxygen atoms in total. The Labute approximate surface area is 195 Å². The van der Waals surface area contributed by atoms with Crippen LogP contribution < -0.4 is 4.74 Å². The molecular formula is C28H41ClO2. The Morgan fingerprint density at radius 1 is 0.839 bits per heavy atom. The molecule has 0 heterocycles. The van der Waals surface area contributed by atoms with Crippen molar-refractivity contribution in [2.75, 3.05) is 19.8 Å². The van der Waals surface area contributed by atoms with E-state index in [-0.39, 0.29) is 0 Å². The average Bonchev–Trinajstić information content (AvgIpc) is 2.66. The van der Waals surface area contributed by atoms with E-state index in [4.69, 9.17) is 21.1 Å². The quantitative estimate of drug-likeness (QED) is 0.249. The molecule has 0 N–H and O–H groups in total. The summed E-state index contributed by atoms with van der Waals surface area (Å²) in [5.74, 6) is 2.16. The van der Waals surface area contributed by atoms with Crippen LogP contribution in [0.15, 0.2) is 36.4 Å². The summed E-state index contributed by atoms with van der Waals surface area (Å²) >= 11 is 6.81. The molecule has 0 bridgehead atoms. The molecule has 0 fully saturated rings. The van der Waals surface area contributed by atoms with E-state index in [0.717, 1.165) is 30.6 Å². The first-order chi connectivity index (χ1) is 14.6. The summed E-state index contributed by atoms with van der Waals surface area (Å²) in [7, 11) is 0. The van der Waals surface area contributed by atoms with Crippen LogP contribution in [0.4, 0.5) is 0 Å². The van der Waals surface area contributed by atoms with Gasteiger partial charge in [0.2, 0.25) is 0 Å². The number of benzene rings is 2. The van der Waals surface area contributed by atoms with Gasteiger partial charge in [-0.1, -0.05) is 58.0 Å². The van der Waals surface area contributed by atoms with Gasteiger partial charge in [-0.05, 0) is 85.8 Å². The summed E-state index contributed by atoms with van der Waals surface area (Å²) in [5, 5.41) is 0. The molecule has 31 heavy (non-hydrogen) atoms. The van der Waals surface area contributed by atoms with Gasteiger partial charge >= 0.3 is 0 Å². The molecule has 0 amide bonds. The van der Waals surface area contributed by atoms with Crippen LogP contribution >= 0.6 is 11.6 Å². The highest BCUT2D eigenvalue weighted by molar-refractivity contribution is 6.23. The van der Waals surface area contributed by atoms with Crippen LogP contribution in [0, 0.1) is 18.8 Å². The molecule has 0 radical (unpaired) electrons. The molecule has 0 aliphatic carbocycles. The Morgan fingerprint density at radius 3 is 2.13 bits per heavy atom. The first-order valence-electron chi connectivity index (χ1n) is 11.7. The zero-order valence-electron chi connectivity index (χ0n) is 20.6. The molecule has 0 spiro atoms. The van der Waals surface area contributed by atoms with E-state index in [1.54, 1.807) is 0 Å². The first kappa shape index (κ1) is 25.7. The zero-order valence-corrected chi connectivity index (χ0v) is 21.3. The molecule has 2 rings (SSSR count). The number of hydrogen-bond donors (Lipinski definition) is 0. The van der Waals surface area contributed by atoms with Gasteiger partial charge in [-0.15, -0.1) is 11.6 Å². The fraction of sp³-hybridized carbons (Fsp3) is 0.571. The number of rotatable bonds is 12. The van der Waals surface area contributed by atoms with E-state index >= 15 is 0 Å². The normalized spacial score (nSPS) is 12.1. The second-order valence-corrected chi connectivity index (χ2v) is 10.8. The van der Waals surface area contributed by atoms with Gasteiger partial charge in [-0.2, -0.15) is 0 Å². The smallest absolute Gasteiger partial charge is 0.122 e. The molecule has 0 atom stereocenters. The van der Waals surface area contributed by atoms with Crippen LogP contribution in [-0.2, 0) is 28.9 Å². The van der Waals surface area contributed by atoms with Crippen molar-refractivity contribution in [2.45, 2.75) is 72.6 Å². The fourth-order valence-corrected chi connectivity index (χ4v) is 4.26. The third-order valence-corrected chi connectivity index (χ3v) is 5.69. The Balaban J connectivity index is 2.10. The maximum Gasteiger partial charge on any atom is 0.122 e. The van der Waals surface area contributed by atoms with Gasteiger partial charge in [0.05, 0.1) is 18.1 Å². The number of aryl methyl sites for hydroxylation is 1. The number of alkyl halides is 1. The largest absolute Gasteiger partial charge is 0.491 e. The van der Waals surface area contributed by atoms with Crippen LogP contribution in [0.25, 0.3) is 0 Å². The molecule has 2 aromatic carbocycles. The number of ether oxygens (including phenoxy) is 2. The molecule has 0 aliphatic rings. The SMILES string of the molecule is Cc1ccccc1OCCOCCc1c(C(C)(C)Cl)ccc(CC(C)C)c1CC(C)C. The molecule has 0 aliphatic heterocycles. The van der Waals surface area contributed by atoms with Gasteiger partial charge in [-0.3, -0.25) is 0 Å². The minimum Gasteiger partial charge on any atom is -0.491 e. The molecule has 3 heteroatoms. The molecule has 0 saturated heterocycles. The van der Waals surface area contributed by atoms with Crippen molar-refractivity contribution in [2.24, 2.45) is 11.8 Å². The lowest BCUT2D eigenvalue weighted by atomic mass is 9.83. The highest BCUT2D eigenvalue weighted by Crippen LogP contribution is 2.35. The summed E-state index contributed by atoms with van der Waals surface area (Å²) in [5.41, 5.74) is 6.71. The molecule has 2 aromatic rings. The van der Waals surface area contributed by atoms with E-state index in [1.807, 2.05) is 18.2 Å². The predicted molar refractivity (Wildman–Crippen MR) is 134 cm³/mol. The fourth-order valence-electron chi connectivity index (χ4n) is 4.08. The van der Waals surface area contributed by atoms with E-state index in [9.17, 15) is 0 Å². The van der Waals surface area contributed by atoms with Crippen molar-refractivity contribution in [3.8, 4) is 5.75 Å². The number of para-hydroxylation sites is 1. The Kier molecular flexibility index (Phi) is 9.90. The molecule has 0 unspecified atom stereocenters. The first-order valence-corrected chi connectivity index (χ1v) is 12.1. The maximum absolute atomic E-state index is 6.81. The lowest BCUT2D eigenvalue weighted by Crippen LogP contribution is -2.18. The van der Waals surface area contributed by atoms with Gasteiger partial charge < -0.3 is 9.47 Å². The molecule has 0 saturated carbocycles. The van der Waals surface area contributed by atoms with Crippen LogP contribution in [-0.4, -0.2) is 19.8 Å². The zero-order chi connectivity index (χ0) is 23.0. The van der Waals surface area contributed by atoms with Gasteiger partial charge in [0.15, 0.2) is 0 Å². The van der Waals surface area contributed by atoms with Gasteiger partial charge in [0, 0.05) is 0 Å². The molecule has 172 valence electrons. The Hall–Kier alpha value is -1.51. The number of halogens is 1. The Bertz CT molecular complexity index is 818. The van der Waals surface area contributed by atoms with Crippen molar-refractivity contribution in [1.29, 1.82) is 0 Å². The van der Waals surface area contributed by atoms with Crippen molar-refractivity contribution in [3.05, 3.63) is 64.2 Å². The topological polar surface area (TPSA) is 18.5 Å². The summed E-state index contributed by atoms with van der Waals surface area (Å²) in [4.78, 5) is -0.397. The lowest BCUT2D eigenvalue weighted by Gasteiger charge is -2.27. The van der Waals surface area contributed by atoms with E-state index in [0.29, 0.717) is 31.7 Å². The van der Waals surface area contributed by atoms with Crippen molar-refractivity contribution in [3.63, 3.8) is 0 Å². The monoisotopic (exact) mass is 444 g/mol. The number of hydrogen-bond acceptors (Lipinski definition) is 2. The van der Waals surface area contributed by atoms with Crippen LogP contribution in [0.1, 0.15) is 69.4 Å². The maximum atomic E-state index is 6.81. The summed E-state index contributed by atoms with van der Waals surface area (Å²) in [6, 6.07) is 12.6. The second kappa shape index (κ2) is 11.9. The highest BCUT2D eigenvalue weighted by atomic mass is 35.5. The predicted octanol–water partition coefficient (Wildman–Crippen LogP) is 7.50. The average molecular weight is 445 g/mol. The van der Waals surface area contributed by atoms with E-state index in [2.05, 4.69) is 66.7 Å². The van der Waals surface area contributed by atoms with E-state index < -0.39 is 4.87 Å². The highest BCUT2D eigenvalue weighted by Gasteiger charge is 2.24. The van der Waals surface area contributed by atoms with Crippen molar-refractivity contribution in [1.82, 2.24) is 0 Å². The van der Waals surface area contributed by atoms with Crippen LogP contribution in [0.2, 0.25) is 0 Å². The minimum absolute atomic E-state index is 0.397. The van der Waals surface area contributed by atoms with E-state index in [1.165, 1.54) is 22.3 Å². The van der Waals surface area contributed by atoms with Gasteiger partial charge in [0.1, 0.15) is 12.4 Å². The van der Waals surface area contributed by atoms with Gasteiger partial charge in [0.25, 0.3) is 0 Å². The Morgan fingerprint density at radius 2 is 1.52 bits per heavy atom.